The van der Waals surface area contributed by atoms with E-state index in [0.29, 0.717) is 5.56 Å². The third kappa shape index (κ3) is 8.96. The van der Waals surface area contributed by atoms with Crippen LogP contribution in [-0.4, -0.2) is 21.5 Å². The second-order valence-electron chi connectivity index (χ2n) is 2.38. The first kappa shape index (κ1) is 15.7. The zero-order chi connectivity index (χ0) is 12.8. The molecule has 0 aromatic heterocycles. The highest BCUT2D eigenvalue weighted by Crippen LogP contribution is 2.11. The lowest BCUT2D eigenvalue weighted by Gasteiger charge is -1.97. The maximum atomic E-state index is 10.9. The molecule has 0 unspecified atom stereocenters. The molecule has 0 radical (unpaired) electrons. The predicted octanol–water partition coefficient (Wildman–Crippen LogP) is 2.94. The van der Waals surface area contributed by atoms with Crippen LogP contribution in [0.1, 0.15) is 10.4 Å². The Balaban J connectivity index is 0.000000385. The van der Waals surface area contributed by atoms with Gasteiger partial charge < -0.3 is 4.74 Å². The molecule has 0 aliphatic carbocycles. The molecule has 90 valence electrons. The van der Waals surface area contributed by atoms with Gasteiger partial charge in [-0.3, -0.25) is 0 Å². The highest BCUT2D eigenvalue weighted by molar-refractivity contribution is 9.10. The van der Waals surface area contributed by atoms with E-state index in [1.165, 1.54) is 7.11 Å². The summed E-state index contributed by atoms with van der Waals surface area (Å²) in [5.74, 6) is -0.314. The summed E-state index contributed by atoms with van der Waals surface area (Å²) in [6.07, 6.45) is 0. The number of halogens is 3. The highest BCUT2D eigenvalue weighted by Gasteiger charge is 2.03. The summed E-state index contributed by atoms with van der Waals surface area (Å²) in [4.78, 5) is 10.9. The molecule has 1 aromatic rings. The van der Waals surface area contributed by atoms with Crippen molar-refractivity contribution < 1.29 is 17.9 Å². The van der Waals surface area contributed by atoms with Crippen LogP contribution < -0.4 is 0 Å². The Labute approximate surface area is 111 Å². The molecule has 0 heterocycles. The normalized spacial score (nSPS) is 10.0. The minimum absolute atomic E-state index is 0.314. The predicted molar refractivity (Wildman–Crippen MR) is 66.1 cm³/mol. The number of ether oxygens (including phenoxy) is 1. The number of methoxy groups -OCH3 is 1. The minimum Gasteiger partial charge on any atom is -0.465 e. The Hall–Kier alpha value is -0.300. The van der Waals surface area contributed by atoms with E-state index < -0.39 is 8.26 Å². The van der Waals surface area contributed by atoms with Gasteiger partial charge in [-0.25, -0.2) is 4.79 Å². The minimum atomic E-state index is -3.72. The lowest BCUT2D eigenvalue weighted by atomic mass is 10.2. The van der Waals surface area contributed by atoms with Crippen LogP contribution in [0.3, 0.4) is 0 Å². The molecule has 4 nitrogen and oxygen atoms in total. The summed E-state index contributed by atoms with van der Waals surface area (Å²) in [5, 5.41) is 0. The number of hydrogen-bond acceptors (Lipinski definition) is 4. The van der Waals surface area contributed by atoms with Crippen LogP contribution in [0.4, 0.5) is 0 Å². The first-order valence-electron chi connectivity index (χ1n) is 3.72. The fraction of sp³-hybridized carbons (Fsp3) is 0.125. The number of benzene rings is 1. The molecular formula is C8H7BrCl2O4S. The van der Waals surface area contributed by atoms with E-state index in [0.717, 1.165) is 4.47 Å². The molecule has 0 amide bonds. The van der Waals surface area contributed by atoms with E-state index >= 15 is 0 Å². The standard InChI is InChI=1S/C8H7BrO2.Cl2O2S/c1-11-8(10)6-3-2-4-7(9)5-6;1-5(2,3)4/h2-5H,1H3;. The van der Waals surface area contributed by atoms with Gasteiger partial charge >= 0.3 is 14.2 Å². The zero-order valence-corrected chi connectivity index (χ0v) is 11.9. The van der Waals surface area contributed by atoms with Crippen molar-refractivity contribution in [2.45, 2.75) is 0 Å². The summed E-state index contributed by atoms with van der Waals surface area (Å²) in [7, 11) is 6.18. The van der Waals surface area contributed by atoms with Gasteiger partial charge in [0.2, 0.25) is 0 Å². The third-order valence-corrected chi connectivity index (χ3v) is 1.74. The average molecular weight is 350 g/mol. The molecule has 0 N–H and O–H groups in total. The monoisotopic (exact) mass is 348 g/mol. The van der Waals surface area contributed by atoms with Crippen molar-refractivity contribution in [2.24, 2.45) is 0 Å². The van der Waals surface area contributed by atoms with Crippen molar-refractivity contribution in [1.82, 2.24) is 0 Å². The Kier molecular flexibility index (Phi) is 6.98. The van der Waals surface area contributed by atoms with Crippen molar-refractivity contribution in [3.8, 4) is 0 Å². The summed E-state index contributed by atoms with van der Waals surface area (Å²) in [6, 6.07) is 7.06. The van der Waals surface area contributed by atoms with Crippen molar-refractivity contribution in [3.05, 3.63) is 34.3 Å². The van der Waals surface area contributed by atoms with Crippen LogP contribution in [0.5, 0.6) is 0 Å². The molecule has 0 fully saturated rings. The van der Waals surface area contributed by atoms with E-state index in [1.54, 1.807) is 18.2 Å². The van der Waals surface area contributed by atoms with Crippen molar-refractivity contribution in [1.29, 1.82) is 0 Å². The molecule has 0 atom stereocenters. The molecule has 16 heavy (non-hydrogen) atoms. The number of carbonyl (C=O) groups is 1. The maximum absolute atomic E-state index is 10.9. The molecule has 0 bridgehead atoms. The molecule has 0 saturated heterocycles. The molecular weight excluding hydrogens is 343 g/mol. The van der Waals surface area contributed by atoms with Crippen LogP contribution in [0.2, 0.25) is 0 Å². The number of rotatable bonds is 1. The van der Waals surface area contributed by atoms with Crippen molar-refractivity contribution in [3.63, 3.8) is 0 Å². The van der Waals surface area contributed by atoms with Gasteiger partial charge in [0.05, 0.1) is 12.7 Å². The van der Waals surface area contributed by atoms with Gasteiger partial charge in [0.15, 0.2) is 0 Å². The van der Waals surface area contributed by atoms with Gasteiger partial charge in [-0.1, -0.05) is 22.0 Å². The van der Waals surface area contributed by atoms with Gasteiger partial charge in [-0.05, 0) is 18.2 Å². The topological polar surface area (TPSA) is 60.4 Å². The quantitative estimate of drug-likeness (QED) is 0.577. The summed E-state index contributed by atoms with van der Waals surface area (Å²) in [6.45, 7) is 0. The van der Waals surface area contributed by atoms with Gasteiger partial charge in [0.25, 0.3) is 0 Å². The van der Waals surface area contributed by atoms with Crippen molar-refractivity contribution in [2.75, 3.05) is 7.11 Å². The average Bonchev–Trinajstić information content (AvgIpc) is 2.14. The van der Waals surface area contributed by atoms with Gasteiger partial charge in [0.1, 0.15) is 0 Å². The van der Waals surface area contributed by atoms with Crippen LogP contribution in [0.15, 0.2) is 28.7 Å². The second-order valence-corrected chi connectivity index (χ2v) is 6.96. The second kappa shape index (κ2) is 7.11. The fourth-order valence-electron chi connectivity index (χ4n) is 0.733. The molecule has 8 heteroatoms. The van der Waals surface area contributed by atoms with Crippen LogP contribution in [-0.2, 0) is 13.0 Å². The lowest BCUT2D eigenvalue weighted by Crippen LogP contribution is -2.00. The van der Waals surface area contributed by atoms with E-state index in [1.807, 2.05) is 6.07 Å². The molecule has 1 rings (SSSR count). The number of hydrogen-bond donors (Lipinski definition) is 0. The van der Waals surface area contributed by atoms with Crippen LogP contribution in [0, 0.1) is 0 Å². The van der Waals surface area contributed by atoms with Crippen molar-refractivity contribution >= 4 is 51.5 Å². The number of carbonyl (C=O) groups excluding carboxylic acids is 1. The Bertz CT molecular complexity index is 453. The Morgan fingerprint density at radius 3 is 2.25 bits per heavy atom. The molecule has 0 saturated carbocycles. The zero-order valence-electron chi connectivity index (χ0n) is 7.98. The maximum Gasteiger partial charge on any atom is 0.337 e. The van der Waals surface area contributed by atoms with Crippen LogP contribution >= 0.6 is 37.3 Å². The van der Waals surface area contributed by atoms with E-state index in [9.17, 15) is 4.79 Å². The molecule has 0 aliphatic heterocycles. The Morgan fingerprint density at radius 1 is 1.38 bits per heavy atom. The first-order valence-corrected chi connectivity index (χ1v) is 7.65. The lowest BCUT2D eigenvalue weighted by molar-refractivity contribution is 0.0600. The van der Waals surface area contributed by atoms with E-state index in [4.69, 9.17) is 8.42 Å². The first-order chi connectivity index (χ1) is 7.24. The molecule has 1 aromatic carbocycles. The van der Waals surface area contributed by atoms with Gasteiger partial charge in [0, 0.05) is 25.8 Å². The highest BCUT2D eigenvalue weighted by atomic mass is 79.9. The van der Waals surface area contributed by atoms with Crippen LogP contribution in [0.25, 0.3) is 0 Å². The summed E-state index contributed by atoms with van der Waals surface area (Å²) in [5.41, 5.74) is 0.557. The van der Waals surface area contributed by atoms with Gasteiger partial charge in [-0.15, -0.1) is 0 Å². The van der Waals surface area contributed by atoms with E-state index in [2.05, 4.69) is 42.0 Å². The molecule has 0 aliphatic rings. The Morgan fingerprint density at radius 2 is 1.88 bits per heavy atom. The fourth-order valence-corrected chi connectivity index (χ4v) is 1.13. The third-order valence-electron chi connectivity index (χ3n) is 1.25. The smallest absolute Gasteiger partial charge is 0.337 e. The summed E-state index contributed by atoms with van der Waals surface area (Å²) >= 11 is 3.25. The SMILES string of the molecule is COC(=O)c1cccc(Br)c1.O=S(=O)(Cl)Cl. The largest absolute Gasteiger partial charge is 0.465 e. The van der Waals surface area contributed by atoms with Gasteiger partial charge in [-0.2, -0.15) is 8.42 Å². The molecule has 0 spiro atoms. The van der Waals surface area contributed by atoms with E-state index in [-0.39, 0.29) is 5.97 Å². The number of esters is 1. The summed E-state index contributed by atoms with van der Waals surface area (Å²) < 4.78 is 23.7.